The molecule has 1 N–H and O–H groups in total. The lowest BCUT2D eigenvalue weighted by molar-refractivity contribution is -0.161. The largest absolute Gasteiger partial charge is 0.462 e. The molecule has 0 aliphatic rings. The standard InChI is InChI=1S/C65H106O5/c1-3-5-7-9-11-13-15-17-19-21-23-25-27-28-29-30-31-32-33-34-35-36-38-39-41-43-45-47-49-51-53-55-57-59-64(67)69-62-63(61-66)70-65(68)60-58-56-54-52-50-48-46-44-42-40-37-26-24-22-20-18-16-14-12-10-8-6-4-2/h5-8,11-14,17-20,23-26,40,42,46,48,52,54,63,66H,3-4,9-10,15-16,21-22,27-39,41,43-45,47,49-51,53,55-62H2,1-2H3/b7-5-,8-6-,13-11-,14-12-,19-17-,20-18-,25-23-,26-24-,42-40-,48-46-,54-52-. The molecule has 1 unspecified atom stereocenters. The molecular weight excluding hydrogens is 861 g/mol. The lowest BCUT2D eigenvalue weighted by atomic mass is 10.0. The Morgan fingerprint density at radius 3 is 0.900 bits per heavy atom. The van der Waals surface area contributed by atoms with Gasteiger partial charge in [0.15, 0.2) is 6.10 Å². The van der Waals surface area contributed by atoms with E-state index in [0.29, 0.717) is 12.8 Å². The van der Waals surface area contributed by atoms with Gasteiger partial charge in [0.1, 0.15) is 6.61 Å². The number of ether oxygens (including phenoxy) is 2. The van der Waals surface area contributed by atoms with Crippen LogP contribution in [0.15, 0.2) is 134 Å². The van der Waals surface area contributed by atoms with Crippen molar-refractivity contribution in [3.05, 3.63) is 134 Å². The van der Waals surface area contributed by atoms with Crippen LogP contribution in [-0.4, -0.2) is 36.4 Å². The fraction of sp³-hybridized carbons (Fsp3) is 0.631. The van der Waals surface area contributed by atoms with Crippen molar-refractivity contribution in [2.45, 2.75) is 251 Å². The van der Waals surface area contributed by atoms with Crippen molar-refractivity contribution in [1.29, 1.82) is 0 Å². The zero-order valence-electron chi connectivity index (χ0n) is 45.2. The molecule has 0 aromatic carbocycles. The van der Waals surface area contributed by atoms with Gasteiger partial charge < -0.3 is 14.6 Å². The Balaban J connectivity index is 3.55. The van der Waals surface area contributed by atoms with Crippen molar-refractivity contribution in [2.24, 2.45) is 0 Å². The molecule has 0 aliphatic heterocycles. The summed E-state index contributed by atoms with van der Waals surface area (Å²) in [6, 6.07) is 0. The van der Waals surface area contributed by atoms with Crippen LogP contribution < -0.4 is 0 Å². The molecule has 0 fully saturated rings. The number of unbranched alkanes of at least 4 members (excludes halogenated alkanes) is 21. The molecule has 0 bridgehead atoms. The lowest BCUT2D eigenvalue weighted by Crippen LogP contribution is -2.28. The Kier molecular flexibility index (Phi) is 56.0. The molecule has 0 rings (SSSR count). The summed E-state index contributed by atoms with van der Waals surface area (Å²) >= 11 is 0. The van der Waals surface area contributed by atoms with Crippen LogP contribution in [0.25, 0.3) is 0 Å². The predicted molar refractivity (Wildman–Crippen MR) is 306 cm³/mol. The molecule has 0 aromatic rings. The van der Waals surface area contributed by atoms with E-state index in [-0.39, 0.29) is 31.6 Å². The first-order chi connectivity index (χ1) is 34.6. The van der Waals surface area contributed by atoms with E-state index in [1.165, 1.54) is 116 Å². The molecule has 5 nitrogen and oxygen atoms in total. The van der Waals surface area contributed by atoms with E-state index in [1.807, 2.05) is 0 Å². The maximum Gasteiger partial charge on any atom is 0.306 e. The normalized spacial score (nSPS) is 13.2. The van der Waals surface area contributed by atoms with E-state index in [1.54, 1.807) is 0 Å². The van der Waals surface area contributed by atoms with Crippen LogP contribution in [0.1, 0.15) is 245 Å². The first-order valence-electron chi connectivity index (χ1n) is 28.7. The Morgan fingerprint density at radius 1 is 0.329 bits per heavy atom. The number of hydrogen-bond donors (Lipinski definition) is 1. The highest BCUT2D eigenvalue weighted by Gasteiger charge is 2.16. The highest BCUT2D eigenvalue weighted by molar-refractivity contribution is 5.70. The Morgan fingerprint density at radius 2 is 0.586 bits per heavy atom. The van der Waals surface area contributed by atoms with E-state index in [9.17, 15) is 14.7 Å². The molecule has 0 heterocycles. The van der Waals surface area contributed by atoms with Gasteiger partial charge in [0.25, 0.3) is 0 Å². The maximum atomic E-state index is 12.3. The van der Waals surface area contributed by atoms with Crippen molar-refractivity contribution in [1.82, 2.24) is 0 Å². The molecule has 5 heteroatoms. The van der Waals surface area contributed by atoms with Gasteiger partial charge in [-0.05, 0) is 103 Å². The zero-order chi connectivity index (χ0) is 50.6. The van der Waals surface area contributed by atoms with Crippen molar-refractivity contribution in [3.8, 4) is 0 Å². The van der Waals surface area contributed by atoms with Gasteiger partial charge in [-0.1, -0.05) is 263 Å². The van der Waals surface area contributed by atoms with Crippen LogP contribution >= 0.6 is 0 Å². The molecule has 0 spiro atoms. The molecule has 0 saturated heterocycles. The van der Waals surface area contributed by atoms with Crippen molar-refractivity contribution >= 4 is 11.9 Å². The van der Waals surface area contributed by atoms with Crippen LogP contribution in [-0.2, 0) is 19.1 Å². The van der Waals surface area contributed by atoms with Crippen LogP contribution in [0.2, 0.25) is 0 Å². The number of hydrogen-bond acceptors (Lipinski definition) is 5. The Hall–Kier alpha value is -3.96. The first-order valence-corrected chi connectivity index (χ1v) is 28.7. The number of rotatable bonds is 51. The van der Waals surface area contributed by atoms with E-state index >= 15 is 0 Å². The van der Waals surface area contributed by atoms with Gasteiger partial charge in [-0.15, -0.1) is 0 Å². The van der Waals surface area contributed by atoms with Crippen LogP contribution in [0.3, 0.4) is 0 Å². The summed E-state index contributed by atoms with van der Waals surface area (Å²) in [6.07, 6.45) is 88.7. The van der Waals surface area contributed by atoms with E-state index in [2.05, 4.69) is 148 Å². The van der Waals surface area contributed by atoms with Crippen LogP contribution in [0.4, 0.5) is 0 Å². The lowest BCUT2D eigenvalue weighted by Gasteiger charge is -2.15. The number of aliphatic hydroxyl groups excluding tert-OH is 1. The highest BCUT2D eigenvalue weighted by atomic mass is 16.6. The molecule has 396 valence electrons. The van der Waals surface area contributed by atoms with Crippen LogP contribution in [0, 0.1) is 0 Å². The average Bonchev–Trinajstić information content (AvgIpc) is 3.36. The van der Waals surface area contributed by atoms with Crippen molar-refractivity contribution in [3.63, 3.8) is 0 Å². The summed E-state index contributed by atoms with van der Waals surface area (Å²) in [5.74, 6) is -0.662. The maximum absolute atomic E-state index is 12.3. The summed E-state index contributed by atoms with van der Waals surface area (Å²) in [6.45, 7) is 3.87. The second kappa shape index (κ2) is 59.3. The molecule has 0 amide bonds. The predicted octanol–water partition coefficient (Wildman–Crippen LogP) is 19.6. The third-order valence-corrected chi connectivity index (χ3v) is 11.9. The fourth-order valence-corrected chi connectivity index (χ4v) is 7.71. The average molecular weight is 968 g/mol. The summed E-state index contributed by atoms with van der Waals surface area (Å²) in [7, 11) is 0. The van der Waals surface area contributed by atoms with Gasteiger partial charge >= 0.3 is 11.9 Å². The fourth-order valence-electron chi connectivity index (χ4n) is 7.71. The number of esters is 2. The molecule has 1 atom stereocenters. The number of allylic oxidation sites excluding steroid dienone is 22. The van der Waals surface area contributed by atoms with Crippen molar-refractivity contribution < 1.29 is 24.2 Å². The van der Waals surface area contributed by atoms with Gasteiger partial charge in [-0.3, -0.25) is 9.59 Å². The van der Waals surface area contributed by atoms with Gasteiger partial charge in [0.2, 0.25) is 0 Å². The van der Waals surface area contributed by atoms with E-state index in [4.69, 9.17) is 9.47 Å². The van der Waals surface area contributed by atoms with E-state index in [0.717, 1.165) is 96.3 Å². The number of carbonyl (C=O) groups is 2. The summed E-state index contributed by atoms with van der Waals surface area (Å²) in [5.41, 5.74) is 0. The topological polar surface area (TPSA) is 72.8 Å². The third-order valence-electron chi connectivity index (χ3n) is 11.9. The van der Waals surface area contributed by atoms with Crippen LogP contribution in [0.5, 0.6) is 0 Å². The van der Waals surface area contributed by atoms with E-state index < -0.39 is 6.10 Å². The summed E-state index contributed by atoms with van der Waals surface area (Å²) in [5, 5.41) is 9.64. The minimum atomic E-state index is -0.811. The Labute approximate surface area is 432 Å². The third kappa shape index (κ3) is 56.6. The molecule has 0 radical (unpaired) electrons. The molecule has 0 saturated carbocycles. The molecule has 70 heavy (non-hydrogen) atoms. The second-order valence-corrected chi connectivity index (χ2v) is 18.6. The smallest absolute Gasteiger partial charge is 0.306 e. The zero-order valence-corrected chi connectivity index (χ0v) is 45.2. The van der Waals surface area contributed by atoms with Gasteiger partial charge in [0, 0.05) is 12.8 Å². The monoisotopic (exact) mass is 967 g/mol. The van der Waals surface area contributed by atoms with Gasteiger partial charge in [-0.2, -0.15) is 0 Å². The second-order valence-electron chi connectivity index (χ2n) is 18.6. The minimum Gasteiger partial charge on any atom is -0.462 e. The molecule has 0 aliphatic carbocycles. The summed E-state index contributed by atoms with van der Waals surface area (Å²) in [4.78, 5) is 24.5. The van der Waals surface area contributed by atoms with Crippen molar-refractivity contribution in [2.75, 3.05) is 13.2 Å². The number of aliphatic hydroxyl groups is 1. The Bertz CT molecular complexity index is 1470. The SMILES string of the molecule is CC/C=C\C/C=C\C/C=C\C/C=C\C/C=C\C/C=C\C/C=C\CCCC(=O)OC(CO)COC(=O)CCCCCCCCCCCCCCCCCCCCCC/C=C\C/C=C\C/C=C\C/C=C\CC. The highest BCUT2D eigenvalue weighted by Crippen LogP contribution is 2.16. The minimum absolute atomic E-state index is 0.0950. The van der Waals surface area contributed by atoms with Gasteiger partial charge in [0.05, 0.1) is 6.61 Å². The molecular formula is C65H106O5. The van der Waals surface area contributed by atoms with Gasteiger partial charge in [-0.25, -0.2) is 0 Å². The molecule has 0 aromatic heterocycles. The summed E-state index contributed by atoms with van der Waals surface area (Å²) < 4.78 is 10.7. The number of carbonyl (C=O) groups excluding carboxylic acids is 2. The first kappa shape index (κ1) is 66.0. The quantitative estimate of drug-likeness (QED) is 0.0374.